The minimum absolute atomic E-state index is 0.0562. The van der Waals surface area contributed by atoms with E-state index in [1.54, 1.807) is 12.1 Å². The molecule has 0 atom stereocenters. The summed E-state index contributed by atoms with van der Waals surface area (Å²) >= 11 is 0. The zero-order valence-electron chi connectivity index (χ0n) is 16.0. The fourth-order valence-corrected chi connectivity index (χ4v) is 3.15. The van der Waals surface area contributed by atoms with Crippen LogP contribution >= 0.6 is 0 Å². The second-order valence-corrected chi connectivity index (χ2v) is 6.49. The number of aromatic nitrogens is 4. The number of para-hydroxylation sites is 1. The molecule has 0 saturated heterocycles. The molecule has 1 amide bonds. The van der Waals surface area contributed by atoms with E-state index in [1.807, 2.05) is 50.2 Å². The summed E-state index contributed by atoms with van der Waals surface area (Å²) in [7, 11) is 0. The van der Waals surface area contributed by atoms with Crippen LogP contribution in [-0.2, 0) is 0 Å². The van der Waals surface area contributed by atoms with Gasteiger partial charge < -0.3 is 15.5 Å². The molecule has 29 heavy (non-hydrogen) atoms. The highest BCUT2D eigenvalue weighted by atomic mass is 16.5. The van der Waals surface area contributed by atoms with Crippen LogP contribution in [0.2, 0.25) is 0 Å². The van der Waals surface area contributed by atoms with Gasteiger partial charge in [-0.05, 0) is 38.1 Å². The molecule has 0 unspecified atom stereocenters. The highest BCUT2D eigenvalue weighted by Crippen LogP contribution is 2.29. The minimum Gasteiger partial charge on any atom is -0.493 e. The van der Waals surface area contributed by atoms with Gasteiger partial charge >= 0.3 is 5.69 Å². The van der Waals surface area contributed by atoms with Gasteiger partial charge in [-0.2, -0.15) is 0 Å². The summed E-state index contributed by atoms with van der Waals surface area (Å²) in [6.45, 7) is 4.29. The number of imidazole rings is 1. The Hall–Kier alpha value is -3.94. The third kappa shape index (κ3) is 3.25. The number of H-pyrrole nitrogens is 1. The number of nitrogens with zero attached hydrogens (tertiary/aromatic N) is 3. The van der Waals surface area contributed by atoms with E-state index in [-0.39, 0.29) is 22.7 Å². The number of nitrogens with one attached hydrogen (secondary N) is 1. The van der Waals surface area contributed by atoms with Gasteiger partial charge in [0.25, 0.3) is 5.91 Å². The van der Waals surface area contributed by atoms with Crippen LogP contribution in [-0.4, -0.2) is 32.0 Å². The molecule has 0 saturated carbocycles. The third-order valence-electron chi connectivity index (χ3n) is 4.49. The van der Waals surface area contributed by atoms with E-state index in [0.29, 0.717) is 23.6 Å². The van der Waals surface area contributed by atoms with Gasteiger partial charge in [0.2, 0.25) is 0 Å². The van der Waals surface area contributed by atoms with Crippen molar-refractivity contribution in [3.8, 4) is 22.8 Å². The summed E-state index contributed by atoms with van der Waals surface area (Å²) in [5.41, 5.74) is 7.79. The topological polar surface area (TPSA) is 116 Å². The largest absolute Gasteiger partial charge is 0.493 e. The lowest BCUT2D eigenvalue weighted by atomic mass is 10.1. The SMILES string of the molecule is CCOc1ccccc1-c1nc(C(N)=O)c2[nH]c(=O)n(-c3ccc(C)cc3)c2n1. The van der Waals surface area contributed by atoms with E-state index >= 15 is 0 Å². The van der Waals surface area contributed by atoms with Crippen molar-refractivity contribution in [1.82, 2.24) is 19.5 Å². The fraction of sp³-hybridized carbons (Fsp3) is 0.143. The minimum atomic E-state index is -0.759. The van der Waals surface area contributed by atoms with Gasteiger partial charge in [0.05, 0.1) is 17.9 Å². The molecule has 2 heterocycles. The Morgan fingerprint density at radius 2 is 1.86 bits per heavy atom. The van der Waals surface area contributed by atoms with E-state index < -0.39 is 11.6 Å². The molecular formula is C21H19N5O3. The number of ether oxygens (including phenoxy) is 1. The van der Waals surface area contributed by atoms with Crippen LogP contribution in [0.1, 0.15) is 23.0 Å². The van der Waals surface area contributed by atoms with Crippen LogP contribution in [0.25, 0.3) is 28.2 Å². The first-order valence-electron chi connectivity index (χ1n) is 9.11. The summed E-state index contributed by atoms with van der Waals surface area (Å²) in [4.78, 5) is 36.3. The highest BCUT2D eigenvalue weighted by Gasteiger charge is 2.21. The molecular weight excluding hydrogens is 370 g/mol. The van der Waals surface area contributed by atoms with Crippen LogP contribution in [0.5, 0.6) is 5.75 Å². The Kier molecular flexibility index (Phi) is 4.59. The van der Waals surface area contributed by atoms with Crippen molar-refractivity contribution >= 4 is 17.1 Å². The number of nitrogens with two attached hydrogens (primary N) is 1. The van der Waals surface area contributed by atoms with Crippen molar-refractivity contribution in [2.75, 3.05) is 6.61 Å². The Bertz CT molecular complexity index is 1270. The van der Waals surface area contributed by atoms with Gasteiger partial charge in [0, 0.05) is 0 Å². The number of primary amides is 1. The number of aromatic amines is 1. The average molecular weight is 389 g/mol. The average Bonchev–Trinajstić information content (AvgIpc) is 3.04. The summed E-state index contributed by atoms with van der Waals surface area (Å²) < 4.78 is 7.06. The summed E-state index contributed by atoms with van der Waals surface area (Å²) in [6.07, 6.45) is 0. The van der Waals surface area contributed by atoms with Crippen molar-refractivity contribution in [2.24, 2.45) is 5.73 Å². The molecule has 8 heteroatoms. The molecule has 2 aromatic heterocycles. The fourth-order valence-electron chi connectivity index (χ4n) is 3.15. The number of hydrogen-bond acceptors (Lipinski definition) is 5. The van der Waals surface area contributed by atoms with E-state index in [1.165, 1.54) is 4.57 Å². The van der Waals surface area contributed by atoms with Gasteiger partial charge in [0.1, 0.15) is 11.3 Å². The number of hydrogen-bond donors (Lipinski definition) is 2. The van der Waals surface area contributed by atoms with Crippen LogP contribution in [0.4, 0.5) is 0 Å². The Morgan fingerprint density at radius 3 is 2.55 bits per heavy atom. The summed E-state index contributed by atoms with van der Waals surface area (Å²) in [5.74, 6) is 0.0598. The monoisotopic (exact) mass is 389 g/mol. The predicted molar refractivity (Wildman–Crippen MR) is 109 cm³/mol. The summed E-state index contributed by atoms with van der Waals surface area (Å²) in [5, 5.41) is 0. The number of fused-ring (bicyclic) bond motifs is 1. The first-order valence-corrected chi connectivity index (χ1v) is 9.11. The van der Waals surface area contributed by atoms with Crippen molar-refractivity contribution in [3.05, 3.63) is 70.3 Å². The van der Waals surface area contributed by atoms with E-state index in [4.69, 9.17) is 10.5 Å². The molecule has 8 nitrogen and oxygen atoms in total. The van der Waals surface area contributed by atoms with Gasteiger partial charge in [-0.3, -0.25) is 4.79 Å². The molecule has 0 aliphatic rings. The lowest BCUT2D eigenvalue weighted by molar-refractivity contribution is 0.0997. The van der Waals surface area contributed by atoms with Gasteiger partial charge in [-0.1, -0.05) is 29.8 Å². The van der Waals surface area contributed by atoms with Crippen LogP contribution < -0.4 is 16.2 Å². The van der Waals surface area contributed by atoms with Crippen LogP contribution in [0.3, 0.4) is 0 Å². The highest BCUT2D eigenvalue weighted by molar-refractivity contribution is 6.02. The maximum atomic E-state index is 12.7. The van der Waals surface area contributed by atoms with E-state index in [9.17, 15) is 9.59 Å². The molecule has 146 valence electrons. The van der Waals surface area contributed by atoms with E-state index in [0.717, 1.165) is 5.56 Å². The maximum Gasteiger partial charge on any atom is 0.332 e. The molecule has 0 radical (unpaired) electrons. The van der Waals surface area contributed by atoms with Crippen molar-refractivity contribution in [3.63, 3.8) is 0 Å². The number of amides is 1. The molecule has 4 aromatic rings. The standard InChI is InChI=1S/C21H19N5O3/c1-3-29-15-7-5-4-6-14(15)19-23-16(18(22)27)17-20(25-19)26(21(28)24-17)13-10-8-12(2)9-11-13/h4-11H,3H2,1-2H3,(H2,22,27)(H,24,28). The zero-order valence-corrected chi connectivity index (χ0v) is 16.0. The lowest BCUT2D eigenvalue weighted by Gasteiger charge is -2.10. The molecule has 0 aliphatic heterocycles. The molecule has 0 fully saturated rings. The van der Waals surface area contributed by atoms with Crippen molar-refractivity contribution in [1.29, 1.82) is 0 Å². The lowest BCUT2D eigenvalue weighted by Crippen LogP contribution is -2.15. The summed E-state index contributed by atoms with van der Waals surface area (Å²) in [6, 6.07) is 14.6. The number of carbonyl (C=O) groups is 1. The van der Waals surface area contributed by atoms with Crippen LogP contribution in [0.15, 0.2) is 53.3 Å². The van der Waals surface area contributed by atoms with Gasteiger partial charge in [0.15, 0.2) is 17.2 Å². The molecule has 0 bridgehead atoms. The molecule has 3 N–H and O–H groups in total. The number of benzene rings is 2. The van der Waals surface area contributed by atoms with E-state index in [2.05, 4.69) is 15.0 Å². The number of rotatable bonds is 5. The second-order valence-electron chi connectivity index (χ2n) is 6.49. The first-order chi connectivity index (χ1) is 14.0. The molecule has 0 spiro atoms. The number of carbonyl (C=O) groups excluding carboxylic acids is 1. The molecule has 0 aliphatic carbocycles. The quantitative estimate of drug-likeness (QED) is 0.544. The maximum absolute atomic E-state index is 12.7. The third-order valence-corrected chi connectivity index (χ3v) is 4.49. The van der Waals surface area contributed by atoms with Gasteiger partial charge in [-0.15, -0.1) is 0 Å². The molecule has 4 rings (SSSR count). The Morgan fingerprint density at radius 1 is 1.14 bits per heavy atom. The second kappa shape index (κ2) is 7.23. The Balaban J connectivity index is 2.04. The van der Waals surface area contributed by atoms with Crippen molar-refractivity contribution in [2.45, 2.75) is 13.8 Å². The smallest absolute Gasteiger partial charge is 0.332 e. The first kappa shape index (κ1) is 18.4. The number of aryl methyl sites for hydroxylation is 1. The normalized spacial score (nSPS) is 11.0. The predicted octanol–water partition coefficient (Wildman–Crippen LogP) is 2.58. The van der Waals surface area contributed by atoms with Crippen LogP contribution in [0, 0.1) is 6.92 Å². The zero-order chi connectivity index (χ0) is 20.5. The van der Waals surface area contributed by atoms with Crippen molar-refractivity contribution < 1.29 is 9.53 Å². The molecule has 2 aromatic carbocycles. The Labute approximate surface area is 166 Å². The van der Waals surface area contributed by atoms with Gasteiger partial charge in [-0.25, -0.2) is 19.3 Å².